The number of nitrogens with one attached hydrogen (secondary N) is 1. The second kappa shape index (κ2) is 4.44. The van der Waals surface area contributed by atoms with E-state index in [9.17, 15) is 4.79 Å². The molecule has 0 saturated heterocycles. The maximum Gasteiger partial charge on any atom is 0.337 e. The van der Waals surface area contributed by atoms with Crippen molar-refractivity contribution in [1.82, 2.24) is 0 Å². The van der Waals surface area contributed by atoms with Crippen LogP contribution in [-0.4, -0.2) is 33.2 Å². The molecule has 2 aliphatic rings. The predicted octanol–water partition coefficient (Wildman–Crippen LogP) is 2.51. The van der Waals surface area contributed by atoms with Crippen LogP contribution in [0.15, 0.2) is 18.2 Å². The zero-order valence-corrected chi connectivity index (χ0v) is 11.5. The number of ether oxygens (including phenoxy) is 1. The Morgan fingerprint density at radius 2 is 2.21 bits per heavy atom. The molecule has 1 aliphatic carbocycles. The van der Waals surface area contributed by atoms with Crippen LogP contribution in [0.2, 0.25) is 0 Å². The average Bonchev–Trinajstić information content (AvgIpc) is 2.54. The minimum Gasteiger partial charge on any atom is -0.465 e. The van der Waals surface area contributed by atoms with Crippen molar-refractivity contribution in [2.45, 2.75) is 19.3 Å². The van der Waals surface area contributed by atoms with E-state index in [2.05, 4.69) is 17.3 Å². The van der Waals surface area contributed by atoms with Gasteiger partial charge in [0.25, 0.3) is 0 Å². The number of hydrogen-bond donors (Lipinski definition) is 1. The molecule has 3 rings (SSSR count). The number of methoxy groups -OCH3 is 1. The van der Waals surface area contributed by atoms with E-state index < -0.39 is 0 Å². The number of esters is 1. The molecule has 0 atom stereocenters. The minimum atomic E-state index is -0.283. The second-order valence-electron chi connectivity index (χ2n) is 5.79. The molecule has 1 saturated carbocycles. The van der Waals surface area contributed by atoms with Crippen LogP contribution in [0.4, 0.5) is 11.4 Å². The highest BCUT2D eigenvalue weighted by atomic mass is 16.5. The lowest BCUT2D eigenvalue weighted by molar-refractivity contribution is 0.0601. The predicted molar refractivity (Wildman–Crippen MR) is 75.8 cm³/mol. The number of hydrogen-bond acceptors (Lipinski definition) is 4. The summed E-state index contributed by atoms with van der Waals surface area (Å²) in [4.78, 5) is 13.9. The summed E-state index contributed by atoms with van der Waals surface area (Å²) in [6.45, 7) is 2.08. The topological polar surface area (TPSA) is 41.6 Å². The summed E-state index contributed by atoms with van der Waals surface area (Å²) in [7, 11) is 3.54. The van der Waals surface area contributed by atoms with Crippen molar-refractivity contribution in [1.29, 1.82) is 0 Å². The number of nitrogens with zero attached hydrogens (tertiary/aromatic N) is 1. The standard InChI is InChI=1S/C15H20N2O2/c1-17-10-15(6-3-7-15)9-16-12-8-11(14(18)19-2)4-5-13(12)17/h4-5,8,16H,3,6-7,9-10H2,1-2H3. The maximum atomic E-state index is 11.6. The van der Waals surface area contributed by atoms with Crippen LogP contribution in [0.5, 0.6) is 0 Å². The number of rotatable bonds is 1. The average molecular weight is 260 g/mol. The van der Waals surface area contributed by atoms with E-state index >= 15 is 0 Å². The molecule has 0 radical (unpaired) electrons. The van der Waals surface area contributed by atoms with Crippen molar-refractivity contribution in [3.63, 3.8) is 0 Å². The Morgan fingerprint density at radius 1 is 1.42 bits per heavy atom. The van der Waals surface area contributed by atoms with Crippen molar-refractivity contribution in [3.05, 3.63) is 23.8 Å². The van der Waals surface area contributed by atoms with E-state index in [1.807, 2.05) is 18.2 Å². The van der Waals surface area contributed by atoms with Crippen LogP contribution in [0.1, 0.15) is 29.6 Å². The van der Waals surface area contributed by atoms with Crippen molar-refractivity contribution in [2.24, 2.45) is 5.41 Å². The fourth-order valence-corrected chi connectivity index (χ4v) is 3.19. The smallest absolute Gasteiger partial charge is 0.337 e. The van der Waals surface area contributed by atoms with E-state index in [0.717, 1.165) is 24.5 Å². The summed E-state index contributed by atoms with van der Waals surface area (Å²) < 4.78 is 4.78. The Kier molecular flexibility index (Phi) is 2.88. The first-order valence-corrected chi connectivity index (χ1v) is 6.81. The van der Waals surface area contributed by atoms with Crippen LogP contribution < -0.4 is 10.2 Å². The summed E-state index contributed by atoms with van der Waals surface area (Å²) >= 11 is 0. The van der Waals surface area contributed by atoms with Crippen LogP contribution in [0, 0.1) is 5.41 Å². The van der Waals surface area contributed by atoms with Crippen LogP contribution in [-0.2, 0) is 4.74 Å². The Labute approximate surface area is 113 Å². The molecule has 1 fully saturated rings. The largest absolute Gasteiger partial charge is 0.465 e. The normalized spacial score (nSPS) is 20.0. The highest BCUT2D eigenvalue weighted by molar-refractivity contribution is 5.92. The van der Waals surface area contributed by atoms with Gasteiger partial charge in [-0.25, -0.2) is 4.79 Å². The quantitative estimate of drug-likeness (QED) is 0.788. The van der Waals surface area contributed by atoms with E-state index in [1.165, 1.54) is 26.4 Å². The molecule has 1 N–H and O–H groups in total. The Hall–Kier alpha value is -1.71. The van der Waals surface area contributed by atoms with Crippen molar-refractivity contribution in [2.75, 3.05) is 37.5 Å². The highest BCUT2D eigenvalue weighted by Crippen LogP contribution is 2.45. The number of fused-ring (bicyclic) bond motifs is 1. The van der Waals surface area contributed by atoms with Gasteiger partial charge in [-0.05, 0) is 31.0 Å². The number of benzene rings is 1. The zero-order valence-electron chi connectivity index (χ0n) is 11.5. The molecule has 1 aromatic carbocycles. The monoisotopic (exact) mass is 260 g/mol. The molecule has 0 unspecified atom stereocenters. The van der Waals surface area contributed by atoms with Crippen LogP contribution in [0.25, 0.3) is 0 Å². The molecule has 0 amide bonds. The molecular formula is C15H20N2O2. The fraction of sp³-hybridized carbons (Fsp3) is 0.533. The summed E-state index contributed by atoms with van der Waals surface area (Å²) in [6.07, 6.45) is 3.92. The van der Waals surface area contributed by atoms with Crippen LogP contribution in [0.3, 0.4) is 0 Å². The first-order valence-electron chi connectivity index (χ1n) is 6.81. The van der Waals surface area contributed by atoms with Gasteiger partial charge in [-0.2, -0.15) is 0 Å². The summed E-state index contributed by atoms with van der Waals surface area (Å²) in [5.41, 5.74) is 3.22. The van der Waals surface area contributed by atoms with Crippen LogP contribution >= 0.6 is 0 Å². The molecule has 0 bridgehead atoms. The van der Waals surface area contributed by atoms with Gasteiger partial charge in [0, 0.05) is 25.6 Å². The lowest BCUT2D eigenvalue weighted by atomic mass is 9.68. The van der Waals surface area contributed by atoms with Gasteiger partial charge < -0.3 is 15.0 Å². The van der Waals surface area contributed by atoms with Gasteiger partial charge in [-0.3, -0.25) is 0 Å². The molecule has 1 spiro atoms. The summed E-state index contributed by atoms with van der Waals surface area (Å²) in [5, 5.41) is 3.52. The second-order valence-corrected chi connectivity index (χ2v) is 5.79. The lowest BCUT2D eigenvalue weighted by Crippen LogP contribution is -2.43. The van der Waals surface area contributed by atoms with Gasteiger partial charge in [-0.15, -0.1) is 0 Å². The molecule has 1 aliphatic heterocycles. The zero-order chi connectivity index (χ0) is 13.5. The molecule has 4 nitrogen and oxygen atoms in total. The van der Waals surface area contributed by atoms with Gasteiger partial charge in [-0.1, -0.05) is 6.42 Å². The first-order chi connectivity index (χ1) is 9.13. The highest BCUT2D eigenvalue weighted by Gasteiger charge is 2.39. The molecule has 102 valence electrons. The Balaban J connectivity index is 1.92. The van der Waals surface area contributed by atoms with Gasteiger partial charge in [0.1, 0.15) is 0 Å². The van der Waals surface area contributed by atoms with E-state index in [1.54, 1.807) is 0 Å². The van der Waals surface area contributed by atoms with E-state index in [4.69, 9.17) is 4.74 Å². The molecular weight excluding hydrogens is 240 g/mol. The Morgan fingerprint density at radius 3 is 2.84 bits per heavy atom. The van der Waals surface area contributed by atoms with Gasteiger partial charge in [0.05, 0.1) is 24.0 Å². The third-order valence-corrected chi connectivity index (χ3v) is 4.47. The van der Waals surface area contributed by atoms with Crippen molar-refractivity contribution in [3.8, 4) is 0 Å². The number of carbonyl (C=O) groups is 1. The molecule has 1 aromatic rings. The fourth-order valence-electron chi connectivity index (χ4n) is 3.19. The molecule has 4 heteroatoms. The summed E-state index contributed by atoms with van der Waals surface area (Å²) in [6, 6.07) is 5.74. The SMILES string of the molecule is COC(=O)c1ccc2c(c1)NCC1(CCC1)CN2C. The third-order valence-electron chi connectivity index (χ3n) is 4.47. The van der Waals surface area contributed by atoms with Gasteiger partial charge in [0.2, 0.25) is 0 Å². The van der Waals surface area contributed by atoms with Crippen molar-refractivity contribution >= 4 is 17.3 Å². The molecule has 0 aromatic heterocycles. The van der Waals surface area contributed by atoms with E-state index in [-0.39, 0.29) is 5.97 Å². The lowest BCUT2D eigenvalue weighted by Gasteiger charge is -2.43. The molecule has 1 heterocycles. The minimum absolute atomic E-state index is 0.283. The summed E-state index contributed by atoms with van der Waals surface area (Å²) in [5.74, 6) is -0.283. The van der Waals surface area contributed by atoms with E-state index in [0.29, 0.717) is 11.0 Å². The molecule has 19 heavy (non-hydrogen) atoms. The first kappa shape index (κ1) is 12.3. The maximum absolute atomic E-state index is 11.6. The number of anilines is 2. The van der Waals surface area contributed by atoms with Crippen molar-refractivity contribution < 1.29 is 9.53 Å². The number of carbonyl (C=O) groups excluding carboxylic acids is 1. The van der Waals surface area contributed by atoms with Gasteiger partial charge in [0.15, 0.2) is 0 Å². The third kappa shape index (κ3) is 2.05. The Bertz CT molecular complexity index is 509. The van der Waals surface area contributed by atoms with Gasteiger partial charge >= 0.3 is 5.97 Å².